The molecule has 23 heavy (non-hydrogen) atoms. The minimum absolute atomic E-state index is 0.229. The molecule has 3 rings (SSSR count). The van der Waals surface area contributed by atoms with E-state index in [0.717, 1.165) is 30.9 Å². The fraction of sp³-hybridized carbons (Fsp3) is 0.368. The van der Waals surface area contributed by atoms with Crippen molar-refractivity contribution in [3.8, 4) is 5.75 Å². The van der Waals surface area contributed by atoms with Crippen LogP contribution in [-0.4, -0.2) is 31.1 Å². The zero-order valence-electron chi connectivity index (χ0n) is 13.5. The third-order valence-electron chi connectivity index (χ3n) is 4.28. The lowest BCUT2D eigenvalue weighted by Crippen LogP contribution is -2.29. The molecule has 0 spiro atoms. The van der Waals surface area contributed by atoms with Crippen LogP contribution in [0, 0.1) is 5.82 Å². The van der Waals surface area contributed by atoms with Gasteiger partial charge in [-0.1, -0.05) is 24.3 Å². The van der Waals surface area contributed by atoms with Gasteiger partial charge in [0.25, 0.3) is 0 Å². The predicted octanol–water partition coefficient (Wildman–Crippen LogP) is 3.20. The molecule has 1 aliphatic rings. The van der Waals surface area contributed by atoms with E-state index in [-0.39, 0.29) is 5.82 Å². The third-order valence-corrected chi connectivity index (χ3v) is 4.28. The molecule has 0 bridgehead atoms. The van der Waals surface area contributed by atoms with E-state index in [1.54, 1.807) is 6.07 Å². The molecule has 0 saturated carbocycles. The van der Waals surface area contributed by atoms with Gasteiger partial charge in [0.15, 0.2) is 0 Å². The Morgan fingerprint density at radius 3 is 2.78 bits per heavy atom. The summed E-state index contributed by atoms with van der Waals surface area (Å²) >= 11 is 0. The Labute approximate surface area is 137 Å². The van der Waals surface area contributed by atoms with E-state index < -0.39 is 0 Å². The van der Waals surface area contributed by atoms with E-state index >= 15 is 0 Å². The maximum Gasteiger partial charge on any atom is 0.123 e. The van der Waals surface area contributed by atoms with Crippen molar-refractivity contribution in [2.24, 2.45) is 0 Å². The summed E-state index contributed by atoms with van der Waals surface area (Å²) in [5, 5.41) is 3.34. The number of likely N-dealkylation sites (N-methyl/N-ethyl adjacent to an activating group) is 1. The summed E-state index contributed by atoms with van der Waals surface area (Å²) in [4.78, 5) is 2.45. The lowest BCUT2D eigenvalue weighted by molar-refractivity contribution is 0.301. The van der Waals surface area contributed by atoms with Crippen molar-refractivity contribution in [2.45, 2.75) is 25.6 Å². The van der Waals surface area contributed by atoms with Gasteiger partial charge in [0.2, 0.25) is 0 Å². The Hall–Kier alpha value is -1.91. The average Bonchev–Trinajstić information content (AvgIpc) is 3.01. The summed E-state index contributed by atoms with van der Waals surface area (Å²) in [5.41, 5.74) is 2.09. The molecule has 1 fully saturated rings. The van der Waals surface area contributed by atoms with Gasteiger partial charge in [-0.15, -0.1) is 0 Å². The van der Waals surface area contributed by atoms with Gasteiger partial charge >= 0.3 is 0 Å². The van der Waals surface area contributed by atoms with Crippen molar-refractivity contribution in [3.05, 3.63) is 65.5 Å². The van der Waals surface area contributed by atoms with Crippen LogP contribution >= 0.6 is 0 Å². The number of likely N-dealkylation sites (tertiary alicyclic amines) is 1. The number of ether oxygens (including phenoxy) is 1. The fourth-order valence-electron chi connectivity index (χ4n) is 3.00. The van der Waals surface area contributed by atoms with E-state index in [2.05, 4.69) is 22.3 Å². The maximum atomic E-state index is 13.2. The molecule has 2 aromatic carbocycles. The quantitative estimate of drug-likeness (QED) is 0.886. The molecule has 3 nitrogen and oxygen atoms in total. The Kier molecular flexibility index (Phi) is 5.26. The van der Waals surface area contributed by atoms with Gasteiger partial charge in [0.05, 0.1) is 0 Å². The van der Waals surface area contributed by atoms with Crippen molar-refractivity contribution >= 4 is 0 Å². The number of hydrogen-bond acceptors (Lipinski definition) is 3. The van der Waals surface area contributed by atoms with Gasteiger partial charge < -0.3 is 10.1 Å². The Balaban J connectivity index is 1.57. The molecule has 1 aliphatic heterocycles. The van der Waals surface area contributed by atoms with Crippen molar-refractivity contribution in [1.29, 1.82) is 0 Å². The molecule has 122 valence electrons. The number of hydrogen-bond donors (Lipinski definition) is 1. The number of benzene rings is 2. The molecule has 1 atom stereocenters. The predicted molar refractivity (Wildman–Crippen MR) is 89.9 cm³/mol. The summed E-state index contributed by atoms with van der Waals surface area (Å²) in [6, 6.07) is 15.3. The van der Waals surface area contributed by atoms with Crippen LogP contribution in [-0.2, 0) is 13.2 Å². The van der Waals surface area contributed by atoms with E-state index in [1.807, 2.05) is 25.2 Å². The zero-order chi connectivity index (χ0) is 16.1. The molecule has 0 aliphatic carbocycles. The van der Waals surface area contributed by atoms with Gasteiger partial charge in [-0.25, -0.2) is 4.39 Å². The summed E-state index contributed by atoms with van der Waals surface area (Å²) < 4.78 is 19.0. The number of halogens is 1. The second-order valence-corrected chi connectivity index (χ2v) is 6.08. The highest BCUT2D eigenvalue weighted by Crippen LogP contribution is 2.19. The SMILES string of the molecule is CN[C@H]1CCN(Cc2cccc(OCc3cccc(F)c3)c2)C1. The summed E-state index contributed by atoms with van der Waals surface area (Å²) in [7, 11) is 2.02. The number of nitrogens with zero attached hydrogens (tertiary/aromatic N) is 1. The summed E-state index contributed by atoms with van der Waals surface area (Å²) in [6.07, 6.45) is 1.20. The first-order chi connectivity index (χ1) is 11.2. The molecular formula is C19H23FN2O. The number of nitrogens with one attached hydrogen (secondary N) is 1. The smallest absolute Gasteiger partial charge is 0.123 e. The lowest BCUT2D eigenvalue weighted by Gasteiger charge is -2.16. The van der Waals surface area contributed by atoms with Crippen LogP contribution in [0.4, 0.5) is 4.39 Å². The zero-order valence-corrected chi connectivity index (χ0v) is 13.5. The van der Waals surface area contributed by atoms with Crippen molar-refractivity contribution in [2.75, 3.05) is 20.1 Å². The highest BCUT2D eigenvalue weighted by atomic mass is 19.1. The molecule has 0 radical (unpaired) electrons. The van der Waals surface area contributed by atoms with E-state index in [4.69, 9.17) is 4.74 Å². The van der Waals surface area contributed by atoms with Crippen LogP contribution in [0.1, 0.15) is 17.5 Å². The van der Waals surface area contributed by atoms with Crippen LogP contribution in [0.3, 0.4) is 0 Å². The summed E-state index contributed by atoms with van der Waals surface area (Å²) in [6.45, 7) is 3.53. The maximum absolute atomic E-state index is 13.2. The van der Waals surface area contributed by atoms with E-state index in [9.17, 15) is 4.39 Å². The van der Waals surface area contributed by atoms with E-state index in [0.29, 0.717) is 12.6 Å². The second-order valence-electron chi connectivity index (χ2n) is 6.08. The first-order valence-corrected chi connectivity index (χ1v) is 8.09. The fourth-order valence-corrected chi connectivity index (χ4v) is 3.00. The normalized spacial score (nSPS) is 18.3. The monoisotopic (exact) mass is 314 g/mol. The molecule has 4 heteroatoms. The van der Waals surface area contributed by atoms with Crippen LogP contribution < -0.4 is 10.1 Å². The largest absolute Gasteiger partial charge is 0.489 e. The Bertz CT molecular complexity index is 647. The lowest BCUT2D eigenvalue weighted by atomic mass is 10.2. The highest BCUT2D eigenvalue weighted by molar-refractivity contribution is 5.29. The highest BCUT2D eigenvalue weighted by Gasteiger charge is 2.20. The molecule has 1 N–H and O–H groups in total. The molecule has 2 aromatic rings. The molecular weight excluding hydrogens is 291 g/mol. The van der Waals surface area contributed by atoms with Crippen molar-refractivity contribution in [3.63, 3.8) is 0 Å². The molecule has 1 saturated heterocycles. The van der Waals surface area contributed by atoms with Crippen molar-refractivity contribution < 1.29 is 9.13 Å². The van der Waals surface area contributed by atoms with Crippen molar-refractivity contribution in [1.82, 2.24) is 10.2 Å². The van der Waals surface area contributed by atoms with Gasteiger partial charge in [-0.2, -0.15) is 0 Å². The van der Waals surface area contributed by atoms with Crippen LogP contribution in [0.25, 0.3) is 0 Å². The summed E-state index contributed by atoms with van der Waals surface area (Å²) in [5.74, 6) is 0.601. The molecule has 0 unspecified atom stereocenters. The average molecular weight is 314 g/mol. The minimum Gasteiger partial charge on any atom is -0.489 e. The van der Waals surface area contributed by atoms with Gasteiger partial charge in [0.1, 0.15) is 18.2 Å². The molecule has 0 amide bonds. The first-order valence-electron chi connectivity index (χ1n) is 8.09. The Morgan fingerprint density at radius 2 is 2.00 bits per heavy atom. The number of rotatable bonds is 6. The molecule has 0 aromatic heterocycles. The topological polar surface area (TPSA) is 24.5 Å². The minimum atomic E-state index is -0.229. The van der Waals surface area contributed by atoms with Gasteiger partial charge in [-0.05, 0) is 48.9 Å². The van der Waals surface area contributed by atoms with Gasteiger partial charge in [0, 0.05) is 25.7 Å². The van der Waals surface area contributed by atoms with Crippen LogP contribution in [0.15, 0.2) is 48.5 Å². The third kappa shape index (κ3) is 4.53. The van der Waals surface area contributed by atoms with Crippen LogP contribution in [0.5, 0.6) is 5.75 Å². The van der Waals surface area contributed by atoms with Gasteiger partial charge in [-0.3, -0.25) is 4.90 Å². The standard InChI is InChI=1S/C19H23FN2O/c1-21-18-8-9-22(13-18)12-15-4-3-7-19(11-15)23-14-16-5-2-6-17(20)10-16/h2-7,10-11,18,21H,8-9,12-14H2,1H3/t18-/m0/s1. The first kappa shape index (κ1) is 16.0. The van der Waals surface area contributed by atoms with E-state index in [1.165, 1.54) is 24.1 Å². The van der Waals surface area contributed by atoms with Crippen LogP contribution in [0.2, 0.25) is 0 Å². The Morgan fingerprint density at radius 1 is 1.17 bits per heavy atom. The molecule has 1 heterocycles. The second kappa shape index (κ2) is 7.57.